The van der Waals surface area contributed by atoms with Gasteiger partial charge in [-0.3, -0.25) is 9.52 Å². The number of hydrogen-bond acceptors (Lipinski definition) is 4. The third-order valence-electron chi connectivity index (χ3n) is 5.57. The molecule has 2 aliphatic rings. The fourth-order valence-electron chi connectivity index (χ4n) is 3.87. The lowest BCUT2D eigenvalue weighted by Crippen LogP contribution is -2.54. The fourth-order valence-corrected chi connectivity index (χ4v) is 4.49. The van der Waals surface area contributed by atoms with Crippen molar-refractivity contribution < 1.29 is 18.0 Å². The Labute approximate surface area is 172 Å². The van der Waals surface area contributed by atoms with Crippen molar-refractivity contribution in [2.24, 2.45) is 0 Å². The summed E-state index contributed by atoms with van der Waals surface area (Å²) in [7, 11) is -3.42. The van der Waals surface area contributed by atoms with Gasteiger partial charge in [-0.1, -0.05) is 25.3 Å². The molecule has 1 aromatic rings. The minimum absolute atomic E-state index is 0.0426. The summed E-state index contributed by atoms with van der Waals surface area (Å²) >= 11 is 0. The minimum atomic E-state index is -3.42. The van der Waals surface area contributed by atoms with Crippen molar-refractivity contribution in [1.29, 1.82) is 0 Å². The second kappa shape index (κ2) is 9.02. The molecule has 9 heteroatoms. The zero-order valence-electron chi connectivity index (χ0n) is 17.1. The lowest BCUT2D eigenvalue weighted by Gasteiger charge is -2.36. The molecule has 0 atom stereocenters. The number of amides is 3. The van der Waals surface area contributed by atoms with Gasteiger partial charge >= 0.3 is 6.03 Å². The Bertz CT molecular complexity index is 857. The lowest BCUT2D eigenvalue weighted by molar-refractivity contribution is 0.0662. The highest BCUT2D eigenvalue weighted by Crippen LogP contribution is 2.20. The number of carbonyl (C=O) groups is 2. The monoisotopic (exact) mass is 422 g/mol. The maximum absolute atomic E-state index is 12.9. The van der Waals surface area contributed by atoms with Crippen LogP contribution in [0.1, 0.15) is 48.0 Å². The smallest absolute Gasteiger partial charge is 0.317 e. The molecule has 0 spiro atoms. The fraction of sp³-hybridized carbons (Fsp3) is 0.600. The number of hydrogen-bond donors (Lipinski definition) is 2. The molecular weight excluding hydrogens is 392 g/mol. The number of sulfonamides is 1. The van der Waals surface area contributed by atoms with Gasteiger partial charge < -0.3 is 15.1 Å². The molecule has 0 unspecified atom stereocenters. The Kier molecular flexibility index (Phi) is 6.66. The van der Waals surface area contributed by atoms with Crippen LogP contribution in [0.15, 0.2) is 18.2 Å². The van der Waals surface area contributed by atoms with Gasteiger partial charge in [0, 0.05) is 37.8 Å². The zero-order chi connectivity index (χ0) is 21.0. The van der Waals surface area contributed by atoms with Crippen LogP contribution in [0.2, 0.25) is 0 Å². The third kappa shape index (κ3) is 5.85. The van der Waals surface area contributed by atoms with Gasteiger partial charge in [0.15, 0.2) is 0 Å². The van der Waals surface area contributed by atoms with Crippen LogP contribution in [0.5, 0.6) is 0 Å². The summed E-state index contributed by atoms with van der Waals surface area (Å²) < 4.78 is 25.5. The van der Waals surface area contributed by atoms with E-state index in [9.17, 15) is 18.0 Å². The van der Waals surface area contributed by atoms with E-state index in [4.69, 9.17) is 0 Å². The van der Waals surface area contributed by atoms with Crippen LogP contribution in [0.25, 0.3) is 0 Å². The number of aryl methyl sites for hydroxylation is 1. The molecule has 0 radical (unpaired) electrons. The number of anilines is 1. The van der Waals surface area contributed by atoms with Gasteiger partial charge in [-0.05, 0) is 37.5 Å². The molecule has 0 bridgehead atoms. The first kappa shape index (κ1) is 21.4. The normalized spacial score (nSPS) is 18.4. The average Bonchev–Trinajstić information content (AvgIpc) is 2.69. The second-order valence-electron chi connectivity index (χ2n) is 7.97. The highest BCUT2D eigenvalue weighted by Gasteiger charge is 2.26. The third-order valence-corrected chi connectivity index (χ3v) is 6.16. The number of piperazine rings is 1. The number of nitrogens with zero attached hydrogens (tertiary/aromatic N) is 2. The van der Waals surface area contributed by atoms with Gasteiger partial charge in [0.05, 0.1) is 11.9 Å². The Hall–Kier alpha value is -2.29. The van der Waals surface area contributed by atoms with E-state index in [1.807, 2.05) is 0 Å². The summed E-state index contributed by atoms with van der Waals surface area (Å²) in [5.74, 6) is -0.158. The molecule has 2 N–H and O–H groups in total. The standard InChI is InChI=1S/C20H30N4O4S/c1-15-8-9-16(14-18(15)22-29(2,27)28)19(25)23-10-12-24(13-11-23)20(26)21-17-6-4-3-5-7-17/h8-9,14,17,22H,3-7,10-13H2,1-2H3,(H,21,26). The van der Waals surface area contributed by atoms with Gasteiger partial charge in [-0.15, -0.1) is 0 Å². The van der Waals surface area contributed by atoms with E-state index >= 15 is 0 Å². The quantitative estimate of drug-likeness (QED) is 0.777. The summed E-state index contributed by atoms with van der Waals surface area (Å²) in [6.45, 7) is 3.68. The molecule has 3 rings (SSSR count). The number of nitrogens with one attached hydrogen (secondary N) is 2. The molecule has 1 aliphatic carbocycles. The van der Waals surface area contributed by atoms with Crippen molar-refractivity contribution in [2.75, 3.05) is 37.2 Å². The predicted molar refractivity (Wildman–Crippen MR) is 113 cm³/mol. The van der Waals surface area contributed by atoms with Crippen LogP contribution in [0, 0.1) is 6.92 Å². The summed E-state index contributed by atoms with van der Waals surface area (Å²) in [5.41, 5.74) is 1.59. The van der Waals surface area contributed by atoms with Crippen molar-refractivity contribution in [3.63, 3.8) is 0 Å². The van der Waals surface area contributed by atoms with E-state index in [-0.39, 0.29) is 18.0 Å². The lowest BCUT2D eigenvalue weighted by atomic mass is 9.96. The van der Waals surface area contributed by atoms with E-state index in [0.717, 1.165) is 24.7 Å². The molecule has 160 valence electrons. The first-order valence-electron chi connectivity index (χ1n) is 10.2. The van der Waals surface area contributed by atoms with E-state index in [0.29, 0.717) is 37.4 Å². The van der Waals surface area contributed by atoms with Crippen molar-refractivity contribution in [1.82, 2.24) is 15.1 Å². The van der Waals surface area contributed by atoms with Crippen molar-refractivity contribution in [2.45, 2.75) is 45.1 Å². The van der Waals surface area contributed by atoms with Gasteiger partial charge in [0.25, 0.3) is 5.91 Å². The SMILES string of the molecule is Cc1ccc(C(=O)N2CCN(C(=O)NC3CCCCC3)CC2)cc1NS(C)(=O)=O. The molecule has 3 amide bonds. The topological polar surface area (TPSA) is 98.8 Å². The molecule has 1 heterocycles. The summed E-state index contributed by atoms with van der Waals surface area (Å²) in [6, 6.07) is 5.23. The molecule has 29 heavy (non-hydrogen) atoms. The Morgan fingerprint density at radius 1 is 1.00 bits per heavy atom. The van der Waals surface area contributed by atoms with Crippen LogP contribution in [0.4, 0.5) is 10.5 Å². The predicted octanol–water partition coefficient (Wildman–Crippen LogP) is 2.17. The first-order chi connectivity index (χ1) is 13.7. The Morgan fingerprint density at radius 2 is 1.62 bits per heavy atom. The Balaban J connectivity index is 1.57. The summed E-state index contributed by atoms with van der Waals surface area (Å²) in [4.78, 5) is 28.8. The molecule has 8 nitrogen and oxygen atoms in total. The van der Waals surface area contributed by atoms with Crippen LogP contribution in [-0.2, 0) is 10.0 Å². The highest BCUT2D eigenvalue weighted by atomic mass is 32.2. The molecule has 1 saturated heterocycles. The number of urea groups is 1. The van der Waals surface area contributed by atoms with E-state index < -0.39 is 10.0 Å². The highest BCUT2D eigenvalue weighted by molar-refractivity contribution is 7.92. The van der Waals surface area contributed by atoms with Crippen LogP contribution in [-0.4, -0.2) is 68.6 Å². The number of rotatable bonds is 4. The molecular formula is C20H30N4O4S. The summed E-state index contributed by atoms with van der Waals surface area (Å²) in [6.07, 6.45) is 6.74. The van der Waals surface area contributed by atoms with Gasteiger partial charge in [0.1, 0.15) is 0 Å². The Morgan fingerprint density at radius 3 is 2.24 bits per heavy atom. The van der Waals surface area contributed by atoms with Crippen molar-refractivity contribution in [3.05, 3.63) is 29.3 Å². The van der Waals surface area contributed by atoms with E-state index in [1.165, 1.54) is 19.3 Å². The van der Waals surface area contributed by atoms with E-state index in [2.05, 4.69) is 10.0 Å². The average molecular weight is 423 g/mol. The molecule has 1 aliphatic heterocycles. The molecule has 0 aromatic heterocycles. The second-order valence-corrected chi connectivity index (χ2v) is 9.72. The maximum Gasteiger partial charge on any atom is 0.317 e. The summed E-state index contributed by atoms with van der Waals surface area (Å²) in [5, 5.41) is 3.12. The van der Waals surface area contributed by atoms with Crippen LogP contribution in [0.3, 0.4) is 0 Å². The van der Waals surface area contributed by atoms with Crippen molar-refractivity contribution in [3.8, 4) is 0 Å². The molecule has 2 fully saturated rings. The first-order valence-corrected chi connectivity index (χ1v) is 12.1. The van der Waals surface area contributed by atoms with Gasteiger partial charge in [0.2, 0.25) is 10.0 Å². The largest absolute Gasteiger partial charge is 0.335 e. The molecule has 1 aromatic carbocycles. The van der Waals surface area contributed by atoms with E-state index in [1.54, 1.807) is 34.9 Å². The van der Waals surface area contributed by atoms with Gasteiger partial charge in [-0.2, -0.15) is 0 Å². The van der Waals surface area contributed by atoms with Crippen LogP contribution >= 0.6 is 0 Å². The van der Waals surface area contributed by atoms with Crippen molar-refractivity contribution >= 4 is 27.6 Å². The maximum atomic E-state index is 12.9. The molecule has 1 saturated carbocycles. The number of benzene rings is 1. The van der Waals surface area contributed by atoms with Gasteiger partial charge in [-0.25, -0.2) is 13.2 Å². The zero-order valence-corrected chi connectivity index (χ0v) is 17.9. The minimum Gasteiger partial charge on any atom is -0.335 e. The number of carbonyl (C=O) groups excluding carboxylic acids is 2. The van der Waals surface area contributed by atoms with Crippen LogP contribution < -0.4 is 10.0 Å².